The molecule has 2 rings (SSSR count). The van der Waals surface area contributed by atoms with E-state index in [1.165, 1.54) is 13.5 Å². The van der Waals surface area contributed by atoms with Gasteiger partial charge in [0.05, 0.1) is 12.5 Å². The van der Waals surface area contributed by atoms with Gasteiger partial charge in [0.15, 0.2) is 5.78 Å². The summed E-state index contributed by atoms with van der Waals surface area (Å²) in [5, 5.41) is 0. The van der Waals surface area contributed by atoms with E-state index < -0.39 is 0 Å². The molecule has 5 nitrogen and oxygen atoms in total. The molecule has 1 fully saturated rings. The summed E-state index contributed by atoms with van der Waals surface area (Å²) in [4.78, 5) is 28.6. The van der Waals surface area contributed by atoms with Gasteiger partial charge in [-0.1, -0.05) is 19.3 Å². The van der Waals surface area contributed by atoms with E-state index in [0.29, 0.717) is 18.5 Å². The average Bonchev–Trinajstić information content (AvgIpc) is 2.87. The number of carbonyl (C=O) groups is 2. The first-order chi connectivity index (χ1) is 10.5. The monoisotopic (exact) mass is 306 g/mol. The highest BCUT2D eigenvalue weighted by Crippen LogP contribution is 2.41. The minimum Gasteiger partial charge on any atom is -0.469 e. The Morgan fingerprint density at radius 2 is 2.00 bits per heavy atom. The molecule has 0 bridgehead atoms. The van der Waals surface area contributed by atoms with Gasteiger partial charge < -0.3 is 9.30 Å². The van der Waals surface area contributed by atoms with E-state index in [4.69, 9.17) is 4.74 Å². The first-order valence-electron chi connectivity index (χ1n) is 8.10. The minimum absolute atomic E-state index is 0.0551. The maximum atomic E-state index is 12.2. The van der Waals surface area contributed by atoms with Gasteiger partial charge in [0, 0.05) is 19.7 Å². The Kier molecular flexibility index (Phi) is 5.37. The lowest BCUT2D eigenvalue weighted by Crippen LogP contribution is -2.34. The van der Waals surface area contributed by atoms with Crippen LogP contribution >= 0.6 is 0 Å². The molecule has 0 atom stereocenters. The summed E-state index contributed by atoms with van der Waals surface area (Å²) in [6, 6.07) is 0. The Morgan fingerprint density at radius 1 is 1.32 bits per heavy atom. The fourth-order valence-corrected chi connectivity index (χ4v) is 3.41. The molecule has 0 spiro atoms. The summed E-state index contributed by atoms with van der Waals surface area (Å²) < 4.78 is 6.87. The molecule has 0 N–H and O–H groups in total. The molecular formula is C17H26N2O3. The van der Waals surface area contributed by atoms with Crippen molar-refractivity contribution in [2.45, 2.75) is 58.3 Å². The number of esters is 1. The molecule has 0 unspecified atom stereocenters. The fourth-order valence-electron chi connectivity index (χ4n) is 3.41. The standard InChI is InChI=1S/C17H26N2O3/c1-13-18-14(12-19(13)2)15(20)8-7-11-17(16(21)22-3)9-5-4-6-10-17/h12H,4-11H2,1-3H3. The van der Waals surface area contributed by atoms with Crippen LogP contribution in [0.25, 0.3) is 0 Å². The number of hydrogen-bond acceptors (Lipinski definition) is 4. The number of imidazole rings is 1. The molecule has 122 valence electrons. The van der Waals surface area contributed by atoms with Crippen molar-refractivity contribution >= 4 is 11.8 Å². The summed E-state index contributed by atoms with van der Waals surface area (Å²) in [5.41, 5.74) is 0.156. The molecule has 1 aromatic heterocycles. The van der Waals surface area contributed by atoms with Crippen LogP contribution in [0.5, 0.6) is 0 Å². The lowest BCUT2D eigenvalue weighted by atomic mass is 9.71. The van der Waals surface area contributed by atoms with Crippen LogP contribution in [-0.4, -0.2) is 28.4 Å². The van der Waals surface area contributed by atoms with Gasteiger partial charge in [-0.2, -0.15) is 0 Å². The second-order valence-electron chi connectivity index (χ2n) is 6.39. The topological polar surface area (TPSA) is 61.2 Å². The van der Waals surface area contributed by atoms with Crippen LogP contribution in [0.1, 0.15) is 67.7 Å². The van der Waals surface area contributed by atoms with Crippen LogP contribution in [-0.2, 0) is 16.6 Å². The highest BCUT2D eigenvalue weighted by molar-refractivity contribution is 5.94. The summed E-state index contributed by atoms with van der Waals surface area (Å²) in [5.74, 6) is 0.787. The minimum atomic E-state index is -0.368. The van der Waals surface area contributed by atoms with Gasteiger partial charge in [-0.15, -0.1) is 0 Å². The number of aromatic nitrogens is 2. The van der Waals surface area contributed by atoms with Gasteiger partial charge in [-0.3, -0.25) is 9.59 Å². The van der Waals surface area contributed by atoms with E-state index in [1.807, 2.05) is 18.5 Å². The molecule has 0 saturated heterocycles. The number of ketones is 1. The van der Waals surface area contributed by atoms with E-state index in [9.17, 15) is 9.59 Å². The van der Waals surface area contributed by atoms with E-state index in [-0.39, 0.29) is 17.2 Å². The summed E-state index contributed by atoms with van der Waals surface area (Å²) in [7, 11) is 3.34. The van der Waals surface area contributed by atoms with Gasteiger partial charge in [0.25, 0.3) is 0 Å². The van der Waals surface area contributed by atoms with E-state index >= 15 is 0 Å². The molecule has 1 aliphatic carbocycles. The van der Waals surface area contributed by atoms with Crippen LogP contribution in [0, 0.1) is 12.3 Å². The van der Waals surface area contributed by atoms with Gasteiger partial charge in [0.2, 0.25) is 0 Å². The molecule has 0 aromatic carbocycles. The Balaban J connectivity index is 1.92. The van der Waals surface area contributed by atoms with Crippen molar-refractivity contribution in [2.75, 3.05) is 7.11 Å². The number of rotatable bonds is 6. The number of Topliss-reactive ketones (excluding diaryl/α,β-unsaturated/α-hetero) is 1. The molecule has 0 aliphatic heterocycles. The molecule has 1 saturated carbocycles. The van der Waals surface area contributed by atoms with Crippen LogP contribution in [0.3, 0.4) is 0 Å². The molecule has 5 heteroatoms. The highest BCUT2D eigenvalue weighted by Gasteiger charge is 2.39. The summed E-state index contributed by atoms with van der Waals surface area (Å²) in [6.45, 7) is 1.88. The van der Waals surface area contributed by atoms with Crippen molar-refractivity contribution in [1.82, 2.24) is 9.55 Å². The summed E-state index contributed by atoms with van der Waals surface area (Å²) >= 11 is 0. The number of nitrogens with zero attached hydrogens (tertiary/aromatic N) is 2. The van der Waals surface area contributed by atoms with Crippen molar-refractivity contribution in [3.63, 3.8) is 0 Å². The van der Waals surface area contributed by atoms with Gasteiger partial charge in [-0.25, -0.2) is 4.98 Å². The SMILES string of the molecule is COC(=O)C1(CCCC(=O)c2cn(C)c(C)n2)CCCCC1. The normalized spacial score (nSPS) is 17.2. The molecular weight excluding hydrogens is 280 g/mol. The zero-order valence-corrected chi connectivity index (χ0v) is 13.9. The third-order valence-electron chi connectivity index (χ3n) is 4.88. The molecule has 1 aliphatic rings. The smallest absolute Gasteiger partial charge is 0.311 e. The van der Waals surface area contributed by atoms with Gasteiger partial charge in [0.1, 0.15) is 11.5 Å². The quantitative estimate of drug-likeness (QED) is 0.598. The second kappa shape index (κ2) is 7.07. The van der Waals surface area contributed by atoms with Crippen LogP contribution in [0.15, 0.2) is 6.20 Å². The van der Waals surface area contributed by atoms with Crippen molar-refractivity contribution in [3.8, 4) is 0 Å². The molecule has 1 heterocycles. The predicted octanol–water partition coefficient (Wildman–Crippen LogP) is 3.21. The fraction of sp³-hybridized carbons (Fsp3) is 0.706. The average molecular weight is 306 g/mol. The maximum Gasteiger partial charge on any atom is 0.311 e. The zero-order valence-electron chi connectivity index (χ0n) is 13.9. The third kappa shape index (κ3) is 3.57. The first kappa shape index (κ1) is 16.7. The summed E-state index contributed by atoms with van der Waals surface area (Å²) in [6.07, 6.45) is 8.76. The Hall–Kier alpha value is -1.65. The molecule has 0 radical (unpaired) electrons. The highest BCUT2D eigenvalue weighted by atomic mass is 16.5. The Morgan fingerprint density at radius 3 is 2.55 bits per heavy atom. The molecule has 22 heavy (non-hydrogen) atoms. The number of methoxy groups -OCH3 is 1. The van der Waals surface area contributed by atoms with Crippen LogP contribution < -0.4 is 0 Å². The predicted molar refractivity (Wildman–Crippen MR) is 83.7 cm³/mol. The first-order valence-corrected chi connectivity index (χ1v) is 8.10. The Bertz CT molecular complexity index is 523. The van der Waals surface area contributed by atoms with E-state index in [0.717, 1.165) is 37.9 Å². The second-order valence-corrected chi connectivity index (χ2v) is 6.39. The lowest BCUT2D eigenvalue weighted by Gasteiger charge is -2.34. The molecule has 1 aromatic rings. The zero-order chi connectivity index (χ0) is 16.2. The van der Waals surface area contributed by atoms with Gasteiger partial charge in [-0.05, 0) is 32.6 Å². The largest absolute Gasteiger partial charge is 0.469 e. The van der Waals surface area contributed by atoms with Crippen LogP contribution in [0.4, 0.5) is 0 Å². The van der Waals surface area contributed by atoms with E-state index in [1.54, 1.807) is 6.20 Å². The number of ether oxygens (including phenoxy) is 1. The Labute approximate surface area is 132 Å². The van der Waals surface area contributed by atoms with Crippen molar-refractivity contribution in [1.29, 1.82) is 0 Å². The molecule has 0 amide bonds. The third-order valence-corrected chi connectivity index (χ3v) is 4.88. The van der Waals surface area contributed by atoms with Gasteiger partial charge >= 0.3 is 5.97 Å². The number of aryl methyl sites for hydroxylation is 2. The maximum absolute atomic E-state index is 12.2. The van der Waals surface area contributed by atoms with Crippen molar-refractivity contribution in [3.05, 3.63) is 17.7 Å². The number of hydrogen-bond donors (Lipinski definition) is 0. The number of carbonyl (C=O) groups excluding carboxylic acids is 2. The lowest BCUT2D eigenvalue weighted by molar-refractivity contribution is -0.155. The van der Waals surface area contributed by atoms with Crippen molar-refractivity contribution in [2.24, 2.45) is 12.5 Å². The van der Waals surface area contributed by atoms with Crippen LogP contribution in [0.2, 0.25) is 0 Å². The van der Waals surface area contributed by atoms with E-state index in [2.05, 4.69) is 4.98 Å². The van der Waals surface area contributed by atoms with Crippen molar-refractivity contribution < 1.29 is 14.3 Å².